The molecule has 0 aliphatic carbocycles. The van der Waals surface area contributed by atoms with Crippen LogP contribution in [0.15, 0.2) is 41.8 Å². The summed E-state index contributed by atoms with van der Waals surface area (Å²) in [6, 6.07) is 10.8. The second-order valence-electron chi connectivity index (χ2n) is 7.17. The maximum Gasteiger partial charge on any atom is 0.245 e. The molecule has 0 spiro atoms. The van der Waals surface area contributed by atoms with Gasteiger partial charge in [-0.05, 0) is 63.3 Å². The molecular weight excluding hydrogens is 430 g/mol. The van der Waals surface area contributed by atoms with Crippen molar-refractivity contribution in [2.75, 3.05) is 25.5 Å². The van der Waals surface area contributed by atoms with E-state index in [4.69, 9.17) is 11.6 Å². The molecule has 9 heteroatoms. The molecule has 0 bridgehead atoms. The smallest absolute Gasteiger partial charge is 0.245 e. The minimum absolute atomic E-state index is 0.241. The fraction of sp³-hybridized carbons (Fsp3) is 0.350. The second kappa shape index (κ2) is 8.97. The van der Waals surface area contributed by atoms with Crippen LogP contribution in [0.4, 0.5) is 5.69 Å². The van der Waals surface area contributed by atoms with Crippen molar-refractivity contribution in [1.82, 2.24) is 9.62 Å². The average molecular weight is 454 g/mol. The molecule has 6 nitrogen and oxygen atoms in total. The van der Waals surface area contributed by atoms with Crippen LogP contribution < -0.4 is 9.62 Å². The van der Waals surface area contributed by atoms with Crippen molar-refractivity contribution < 1.29 is 13.2 Å². The number of halogens is 1. The summed E-state index contributed by atoms with van der Waals surface area (Å²) in [6.07, 6.45) is 1.90. The highest BCUT2D eigenvalue weighted by atomic mass is 35.5. The summed E-state index contributed by atoms with van der Waals surface area (Å²) >= 11 is 7.13. The number of nitrogens with one attached hydrogen (secondary N) is 1. The number of hydrogen-bond donors (Lipinski definition) is 1. The Labute approximate surface area is 180 Å². The summed E-state index contributed by atoms with van der Waals surface area (Å²) in [5.74, 6) is -0.241. The predicted molar refractivity (Wildman–Crippen MR) is 120 cm³/mol. The van der Waals surface area contributed by atoms with Crippen molar-refractivity contribution >= 4 is 50.6 Å². The van der Waals surface area contributed by atoms with Gasteiger partial charge >= 0.3 is 0 Å². The van der Waals surface area contributed by atoms with Crippen molar-refractivity contribution in [3.05, 3.63) is 56.6 Å². The number of anilines is 1. The molecular formula is C20H24ClN3O3S2. The number of sulfonamides is 1. The van der Waals surface area contributed by atoms with E-state index < -0.39 is 16.1 Å². The number of benzene rings is 1. The molecule has 1 aromatic carbocycles. The number of rotatable bonds is 7. The van der Waals surface area contributed by atoms with Crippen LogP contribution in [-0.2, 0) is 14.8 Å². The van der Waals surface area contributed by atoms with Crippen LogP contribution in [0.2, 0.25) is 4.34 Å². The Hall–Kier alpha value is -1.71. The number of carbonyl (C=O) groups is 1. The first-order chi connectivity index (χ1) is 13.7. The molecule has 2 heterocycles. The summed E-state index contributed by atoms with van der Waals surface area (Å²) in [5, 5.41) is 1.07. The van der Waals surface area contributed by atoms with Gasteiger partial charge in [-0.2, -0.15) is 4.72 Å². The summed E-state index contributed by atoms with van der Waals surface area (Å²) in [7, 11) is 0.289. The first kappa shape index (κ1) is 22.0. The molecule has 3 rings (SSSR count). The van der Waals surface area contributed by atoms with Gasteiger partial charge in [0, 0.05) is 28.6 Å². The van der Waals surface area contributed by atoms with E-state index in [1.807, 2.05) is 38.4 Å². The Bertz CT molecular complexity index is 1000. The van der Waals surface area contributed by atoms with Gasteiger partial charge in [-0.15, -0.1) is 11.3 Å². The molecule has 1 aromatic heterocycles. The Morgan fingerprint density at radius 1 is 1.24 bits per heavy atom. The summed E-state index contributed by atoms with van der Waals surface area (Å²) < 4.78 is 27.7. The molecule has 1 aliphatic heterocycles. The fourth-order valence-corrected chi connectivity index (χ4v) is 5.16. The molecule has 0 unspecified atom stereocenters. The first-order valence-electron chi connectivity index (χ1n) is 9.20. The van der Waals surface area contributed by atoms with E-state index in [1.165, 1.54) is 17.4 Å². The highest BCUT2D eigenvalue weighted by molar-refractivity contribution is 7.92. The highest BCUT2D eigenvalue weighted by Gasteiger charge is 2.34. The van der Waals surface area contributed by atoms with Crippen molar-refractivity contribution in [1.29, 1.82) is 0 Å². The third-order valence-corrected chi connectivity index (χ3v) is 7.28. The van der Waals surface area contributed by atoms with Crippen LogP contribution in [0.25, 0.3) is 6.08 Å². The lowest BCUT2D eigenvalue weighted by Gasteiger charge is -2.22. The van der Waals surface area contributed by atoms with E-state index in [0.29, 0.717) is 17.3 Å². The zero-order chi connectivity index (χ0) is 21.2. The van der Waals surface area contributed by atoms with Gasteiger partial charge in [0.15, 0.2) is 0 Å². The Morgan fingerprint density at radius 2 is 1.93 bits per heavy atom. The standard InChI is InChI=1S/C20H24ClN3O3S2/c1-14(23(2)3)15-4-6-16(7-5-15)24-12-10-18(20(24)25)22-29(26,27)13-11-17-8-9-19(21)28-17/h4-9,11,13-14,18,22H,10,12H2,1-3H3/t14-,18+/m1/s1. The van der Waals surface area contributed by atoms with Gasteiger partial charge < -0.3 is 9.80 Å². The fourth-order valence-electron chi connectivity index (χ4n) is 3.09. The van der Waals surface area contributed by atoms with Gasteiger partial charge in [0.25, 0.3) is 0 Å². The zero-order valence-corrected chi connectivity index (χ0v) is 18.9. The average Bonchev–Trinajstić information content (AvgIpc) is 3.25. The lowest BCUT2D eigenvalue weighted by Crippen LogP contribution is -2.40. The van der Waals surface area contributed by atoms with Crippen LogP contribution in [0.5, 0.6) is 0 Å². The third kappa shape index (κ3) is 5.46. The number of hydrogen-bond acceptors (Lipinski definition) is 5. The van der Waals surface area contributed by atoms with E-state index in [2.05, 4.69) is 16.5 Å². The molecule has 29 heavy (non-hydrogen) atoms. The van der Waals surface area contributed by atoms with Gasteiger partial charge in [-0.3, -0.25) is 4.79 Å². The Kier molecular flexibility index (Phi) is 6.80. The molecule has 1 aliphatic rings. The van der Waals surface area contributed by atoms with Gasteiger partial charge in [0.1, 0.15) is 6.04 Å². The van der Waals surface area contributed by atoms with Crippen LogP contribution in [0.3, 0.4) is 0 Å². The zero-order valence-electron chi connectivity index (χ0n) is 16.5. The van der Waals surface area contributed by atoms with Crippen molar-refractivity contribution in [2.24, 2.45) is 0 Å². The lowest BCUT2D eigenvalue weighted by molar-refractivity contribution is -0.118. The third-order valence-electron chi connectivity index (χ3n) is 4.98. The maximum atomic E-state index is 12.7. The second-order valence-corrected chi connectivity index (χ2v) is 10.5. The lowest BCUT2D eigenvalue weighted by atomic mass is 10.1. The summed E-state index contributed by atoms with van der Waals surface area (Å²) in [5.41, 5.74) is 1.93. The maximum absolute atomic E-state index is 12.7. The topological polar surface area (TPSA) is 69.7 Å². The van der Waals surface area contributed by atoms with Crippen molar-refractivity contribution in [3.63, 3.8) is 0 Å². The van der Waals surface area contributed by atoms with Crippen molar-refractivity contribution in [2.45, 2.75) is 25.4 Å². The Morgan fingerprint density at radius 3 is 2.52 bits per heavy atom. The van der Waals surface area contributed by atoms with Gasteiger partial charge in [0.05, 0.1) is 4.34 Å². The number of amides is 1. The van der Waals surface area contributed by atoms with Crippen LogP contribution in [0, 0.1) is 0 Å². The quantitative estimate of drug-likeness (QED) is 0.693. The van der Waals surface area contributed by atoms with E-state index in [0.717, 1.165) is 21.5 Å². The van der Waals surface area contributed by atoms with Crippen LogP contribution in [-0.4, -0.2) is 45.9 Å². The molecule has 156 valence electrons. The normalized spacial score (nSPS) is 18.9. The number of carbonyl (C=O) groups excluding carboxylic acids is 1. The number of nitrogens with zero attached hydrogens (tertiary/aromatic N) is 2. The monoisotopic (exact) mass is 453 g/mol. The highest BCUT2D eigenvalue weighted by Crippen LogP contribution is 2.26. The van der Waals surface area contributed by atoms with E-state index in [1.54, 1.807) is 17.0 Å². The molecule has 2 atom stereocenters. The van der Waals surface area contributed by atoms with E-state index in [-0.39, 0.29) is 11.9 Å². The van der Waals surface area contributed by atoms with Gasteiger partial charge in [-0.25, -0.2) is 8.42 Å². The first-order valence-corrected chi connectivity index (χ1v) is 11.9. The predicted octanol–water partition coefficient (Wildman–Crippen LogP) is 3.72. The van der Waals surface area contributed by atoms with Crippen molar-refractivity contribution in [3.8, 4) is 0 Å². The van der Waals surface area contributed by atoms with Crippen LogP contribution in [0.1, 0.15) is 29.8 Å². The molecule has 0 saturated carbocycles. The van der Waals surface area contributed by atoms with Gasteiger partial charge in [0.2, 0.25) is 15.9 Å². The Balaban J connectivity index is 1.65. The van der Waals surface area contributed by atoms with E-state index >= 15 is 0 Å². The minimum Gasteiger partial charge on any atom is -0.311 e. The SMILES string of the molecule is C[C@H](c1ccc(N2CC[C@H](NS(=O)(=O)C=Cc3ccc(Cl)s3)C2=O)cc1)N(C)C. The molecule has 1 N–H and O–H groups in total. The number of thiophene rings is 1. The molecule has 0 radical (unpaired) electrons. The summed E-state index contributed by atoms with van der Waals surface area (Å²) in [4.78, 5) is 17.2. The molecule has 2 aromatic rings. The van der Waals surface area contributed by atoms with Crippen LogP contribution >= 0.6 is 22.9 Å². The minimum atomic E-state index is -3.74. The van der Waals surface area contributed by atoms with E-state index in [9.17, 15) is 13.2 Å². The molecule has 1 saturated heterocycles. The van der Waals surface area contributed by atoms with Gasteiger partial charge in [-0.1, -0.05) is 23.7 Å². The summed E-state index contributed by atoms with van der Waals surface area (Å²) in [6.45, 7) is 2.58. The largest absolute Gasteiger partial charge is 0.311 e. The molecule has 1 fully saturated rings. The molecule has 1 amide bonds.